The first-order valence-electron chi connectivity index (χ1n) is 27.0. The van der Waals surface area contributed by atoms with E-state index in [1.807, 2.05) is 0 Å². The summed E-state index contributed by atoms with van der Waals surface area (Å²) < 4.78 is 242. The van der Waals surface area contributed by atoms with Gasteiger partial charge in [0.2, 0.25) is 0 Å². The first-order valence-corrected chi connectivity index (χ1v) is 13.5. The molecule has 2 heterocycles. The fraction of sp³-hybridized carbons (Fsp3) is 0. The maximum absolute atomic E-state index is 9.63. The van der Waals surface area contributed by atoms with Gasteiger partial charge in [0, 0.05) is 27.5 Å². The van der Waals surface area contributed by atoms with E-state index >= 15 is 0 Å². The van der Waals surface area contributed by atoms with Crippen LogP contribution >= 0.6 is 0 Å². The van der Waals surface area contributed by atoms with Gasteiger partial charge in [-0.2, -0.15) is 0 Å². The number of hydrogen-bond donors (Lipinski definition) is 0. The van der Waals surface area contributed by atoms with Crippen LogP contribution in [0.4, 0.5) is 0 Å². The average molecular weight is 629 g/mol. The molecule has 0 radical (unpaired) electrons. The van der Waals surface area contributed by atoms with Crippen LogP contribution in [-0.2, 0) is 0 Å². The van der Waals surface area contributed by atoms with Crippen LogP contribution in [0.2, 0.25) is 0 Å². The van der Waals surface area contributed by atoms with Gasteiger partial charge in [0.05, 0.1) is 37.0 Å². The minimum absolute atomic E-state index is 0.459. The third-order valence-corrected chi connectivity index (χ3v) is 6.82. The molecule has 2 aromatic heterocycles. The fourth-order valence-corrected chi connectivity index (χ4v) is 4.74. The standard InChI is InChI=1S/C43H27N3O/c1-2-11-28(12-3-1)29-23-25-31(26-24-29)41-44-42(33-16-8-15-32(27-33)35-19-9-14-30-13-4-5-17-34(30)35)46-43(45-41)37-20-10-22-39-40(37)36-18-6-7-21-38(36)47-39/h1-27H/i1D,2D,3D,4D,5D,6D,7D,8D,9D,10D,11D,12D,13D,14D,15D,16D,17D,18D,19D,20D,21D,22D,23D,24D,25D,26D,27D. The van der Waals surface area contributed by atoms with Crippen molar-refractivity contribution in [2.24, 2.45) is 0 Å². The second kappa shape index (κ2) is 11.2. The average Bonchev–Trinajstić information content (AvgIpc) is 3.77. The Hall–Kier alpha value is -6.39. The molecule has 0 N–H and O–H groups in total. The predicted molar refractivity (Wildman–Crippen MR) is 192 cm³/mol. The van der Waals surface area contributed by atoms with Crippen molar-refractivity contribution in [1.82, 2.24) is 15.0 Å². The highest BCUT2D eigenvalue weighted by atomic mass is 16.3. The highest BCUT2D eigenvalue weighted by molar-refractivity contribution is 6.11. The highest BCUT2D eigenvalue weighted by Crippen LogP contribution is 2.37. The number of aromatic nitrogens is 3. The number of fused-ring (bicyclic) bond motifs is 4. The van der Waals surface area contributed by atoms with Gasteiger partial charge < -0.3 is 4.42 Å². The van der Waals surface area contributed by atoms with Gasteiger partial charge in [0.1, 0.15) is 11.2 Å². The molecule has 220 valence electrons. The van der Waals surface area contributed by atoms with Crippen LogP contribution in [0.1, 0.15) is 37.0 Å². The van der Waals surface area contributed by atoms with Crippen molar-refractivity contribution in [1.29, 1.82) is 0 Å². The molecule has 0 bridgehead atoms. The normalized spacial score (nSPS) is 19.4. The second-order valence-electron chi connectivity index (χ2n) is 9.57. The van der Waals surface area contributed by atoms with Crippen LogP contribution in [0, 0.1) is 0 Å². The Morgan fingerprint density at radius 2 is 0.936 bits per heavy atom. The molecule has 0 saturated carbocycles. The number of nitrogens with zero attached hydrogens (tertiary/aromatic N) is 3. The summed E-state index contributed by atoms with van der Waals surface area (Å²) in [5.41, 5.74) is -6.59. The smallest absolute Gasteiger partial charge is 0.164 e. The summed E-state index contributed by atoms with van der Waals surface area (Å²) in [6.07, 6.45) is 0. The van der Waals surface area contributed by atoms with Crippen molar-refractivity contribution in [2.45, 2.75) is 0 Å². The van der Waals surface area contributed by atoms with Crippen molar-refractivity contribution in [3.63, 3.8) is 0 Å². The molecule has 47 heavy (non-hydrogen) atoms. The molecular formula is C43H27N3O. The van der Waals surface area contributed by atoms with Crippen LogP contribution in [0.15, 0.2) is 168 Å². The lowest BCUT2D eigenvalue weighted by atomic mass is 9.97. The molecule has 0 aliphatic carbocycles. The van der Waals surface area contributed by atoms with Crippen LogP contribution in [0.25, 0.3) is 89.1 Å². The lowest BCUT2D eigenvalue weighted by molar-refractivity contribution is 0.669. The first-order chi connectivity index (χ1) is 34.5. The van der Waals surface area contributed by atoms with E-state index in [9.17, 15) is 5.48 Å². The number of para-hydroxylation sites is 1. The van der Waals surface area contributed by atoms with Gasteiger partial charge in [-0.3, -0.25) is 0 Å². The summed E-state index contributed by atoms with van der Waals surface area (Å²) >= 11 is 0. The Balaban J connectivity index is 1.48. The van der Waals surface area contributed by atoms with E-state index in [2.05, 4.69) is 15.0 Å². The molecule has 4 nitrogen and oxygen atoms in total. The Bertz CT molecular complexity index is 4050. The molecule has 0 aliphatic rings. The minimum atomic E-state index is -1.05. The van der Waals surface area contributed by atoms with E-state index in [0.29, 0.717) is 0 Å². The molecule has 9 aromatic rings. The monoisotopic (exact) mass is 628 g/mol. The zero-order valence-electron chi connectivity index (χ0n) is 50.2. The number of hydrogen-bond acceptors (Lipinski definition) is 4. The van der Waals surface area contributed by atoms with Gasteiger partial charge in [0.15, 0.2) is 17.5 Å². The van der Waals surface area contributed by atoms with Crippen molar-refractivity contribution in [3.05, 3.63) is 163 Å². The predicted octanol–water partition coefficient (Wildman–Crippen LogP) is 11.3. The topological polar surface area (TPSA) is 51.8 Å². The number of furan rings is 1. The molecule has 0 fully saturated rings. The molecule has 0 saturated heterocycles. The summed E-state index contributed by atoms with van der Waals surface area (Å²) in [5.74, 6) is -2.72. The molecule has 0 atom stereocenters. The summed E-state index contributed by atoms with van der Waals surface area (Å²) in [5, 5.41) is -2.16. The highest BCUT2D eigenvalue weighted by Gasteiger charge is 2.18. The van der Waals surface area contributed by atoms with Gasteiger partial charge in [0.25, 0.3) is 0 Å². The third kappa shape index (κ3) is 4.84. The summed E-state index contributed by atoms with van der Waals surface area (Å²) in [6.45, 7) is 0. The minimum Gasteiger partial charge on any atom is -0.456 e. The maximum atomic E-state index is 9.63. The molecule has 0 unspecified atom stereocenters. The molecule has 4 heteroatoms. The van der Waals surface area contributed by atoms with Crippen LogP contribution < -0.4 is 0 Å². The summed E-state index contributed by atoms with van der Waals surface area (Å²) in [6, 6.07) is -24.5. The quantitative estimate of drug-likeness (QED) is 0.190. The van der Waals surface area contributed by atoms with Crippen LogP contribution in [-0.4, -0.2) is 15.0 Å². The van der Waals surface area contributed by atoms with Gasteiger partial charge in [-0.05, 0) is 51.2 Å². The van der Waals surface area contributed by atoms with Gasteiger partial charge >= 0.3 is 0 Å². The number of benzene rings is 7. The van der Waals surface area contributed by atoms with E-state index in [1.165, 1.54) is 0 Å². The number of rotatable bonds is 5. The Labute approximate surface area is 309 Å². The molecule has 0 aliphatic heterocycles. The Morgan fingerprint density at radius 1 is 0.383 bits per heavy atom. The van der Waals surface area contributed by atoms with Gasteiger partial charge in [-0.25, -0.2) is 15.0 Å². The van der Waals surface area contributed by atoms with Crippen LogP contribution in [0.3, 0.4) is 0 Å². The van der Waals surface area contributed by atoms with Crippen molar-refractivity contribution >= 4 is 32.7 Å². The molecule has 0 spiro atoms. The van der Waals surface area contributed by atoms with Crippen LogP contribution in [0.5, 0.6) is 0 Å². The van der Waals surface area contributed by atoms with E-state index in [-0.39, 0.29) is 0 Å². The molecule has 0 amide bonds. The third-order valence-electron chi connectivity index (χ3n) is 6.82. The lowest BCUT2D eigenvalue weighted by Gasteiger charge is -2.11. The zero-order valence-corrected chi connectivity index (χ0v) is 23.2. The maximum Gasteiger partial charge on any atom is 0.164 e. The van der Waals surface area contributed by atoms with E-state index in [0.717, 1.165) is 0 Å². The lowest BCUT2D eigenvalue weighted by Crippen LogP contribution is -2.00. The molecular weight excluding hydrogens is 574 g/mol. The van der Waals surface area contributed by atoms with Crippen molar-refractivity contribution < 1.29 is 41.4 Å². The Kier molecular flexibility index (Phi) is 2.66. The molecule has 7 aromatic carbocycles. The van der Waals surface area contributed by atoms with Crippen molar-refractivity contribution in [2.75, 3.05) is 0 Å². The van der Waals surface area contributed by atoms with E-state index in [4.69, 9.17) is 35.9 Å². The Morgan fingerprint density at radius 3 is 1.81 bits per heavy atom. The second-order valence-corrected chi connectivity index (χ2v) is 9.57. The van der Waals surface area contributed by atoms with Gasteiger partial charge in [-0.15, -0.1) is 0 Å². The largest absolute Gasteiger partial charge is 0.456 e. The van der Waals surface area contributed by atoms with E-state index in [1.54, 1.807) is 0 Å². The summed E-state index contributed by atoms with van der Waals surface area (Å²) in [4.78, 5) is 13.1. The fourth-order valence-electron chi connectivity index (χ4n) is 4.74. The first kappa shape index (κ1) is 11.1. The molecule has 9 rings (SSSR count). The zero-order chi connectivity index (χ0) is 54.7. The van der Waals surface area contributed by atoms with E-state index < -0.39 is 252 Å². The SMILES string of the molecule is [2H]c1c([2H])c([2H])c(-c2c([2H])c([2H])c(-c3nc(-c4c([2H])c([2H])c([2H])c(-c5c([2H])c([2H])c([2H])c6c([2H])c([2H])c([2H])c([2H])c56)c4[2H])nc(-c4c([2H])c([2H])c([2H])c5oc6c([2H])c([2H])c([2H])c([2H])c6c45)n3)c([2H])c2[2H])c([2H])c1[2H]. The summed E-state index contributed by atoms with van der Waals surface area (Å²) in [7, 11) is 0. The van der Waals surface area contributed by atoms with Crippen molar-refractivity contribution in [3.8, 4) is 56.4 Å². The van der Waals surface area contributed by atoms with Gasteiger partial charge in [-0.1, -0.05) is 145 Å².